The number of hydrogen-bond donors (Lipinski definition) is 2. The third kappa shape index (κ3) is 5.46. The number of esters is 1. The molecule has 2 N–H and O–H groups in total. The van der Waals surface area contributed by atoms with Gasteiger partial charge >= 0.3 is 5.97 Å². The minimum Gasteiger partial charge on any atom is -0.469 e. The molecule has 1 aliphatic heterocycles. The third-order valence-electron chi connectivity index (χ3n) is 6.60. The van der Waals surface area contributed by atoms with Gasteiger partial charge in [0.1, 0.15) is 17.5 Å². The zero-order valence-corrected chi connectivity index (χ0v) is 20.6. The summed E-state index contributed by atoms with van der Waals surface area (Å²) in [4.78, 5) is 19.5. The smallest absolute Gasteiger partial charge is 0.312 e. The number of nitrogens with one attached hydrogen (secondary N) is 2. The van der Waals surface area contributed by atoms with E-state index in [9.17, 15) is 13.6 Å². The molecule has 0 saturated carbocycles. The number of halogens is 3. The Balaban J connectivity index is 1.54. The van der Waals surface area contributed by atoms with E-state index in [1.165, 1.54) is 25.3 Å². The monoisotopic (exact) mass is 503 g/mol. The lowest BCUT2D eigenvalue weighted by Gasteiger charge is -2.44. The number of carbonyl (C=O) groups excluding carboxylic acids is 1. The molecular formula is C25H28ClF2N5O2. The van der Waals surface area contributed by atoms with E-state index in [0.29, 0.717) is 43.1 Å². The lowest BCUT2D eigenvalue weighted by molar-refractivity contribution is -0.157. The first-order valence-electron chi connectivity index (χ1n) is 11.4. The van der Waals surface area contributed by atoms with Crippen molar-refractivity contribution in [2.45, 2.75) is 45.7 Å². The van der Waals surface area contributed by atoms with Gasteiger partial charge in [-0.05, 0) is 51.4 Å². The molecule has 1 saturated heterocycles. The molecule has 35 heavy (non-hydrogen) atoms. The first-order chi connectivity index (χ1) is 16.7. The number of aryl methyl sites for hydroxylation is 1. The topological polar surface area (TPSA) is 83.1 Å². The Morgan fingerprint density at radius 1 is 1.31 bits per heavy atom. The number of anilines is 2. The Labute approximate surface area is 207 Å². The molecule has 0 radical (unpaired) electrons. The fraction of sp³-hybridized carbons (Fsp3) is 0.400. The molecule has 2 aromatic heterocycles. The van der Waals surface area contributed by atoms with Gasteiger partial charge in [-0.25, -0.2) is 13.8 Å². The molecule has 0 bridgehead atoms. The second-order valence-electron chi connectivity index (χ2n) is 9.12. The normalized spacial score (nSPS) is 20.6. The molecule has 186 valence electrons. The highest BCUT2D eigenvalue weighted by molar-refractivity contribution is 6.30. The van der Waals surface area contributed by atoms with Crippen LogP contribution in [0.5, 0.6) is 0 Å². The highest BCUT2D eigenvalue weighted by Crippen LogP contribution is 2.40. The van der Waals surface area contributed by atoms with Gasteiger partial charge in [0.2, 0.25) is 0 Å². The molecule has 3 heterocycles. The average Bonchev–Trinajstić information content (AvgIpc) is 3.24. The third-order valence-corrected chi connectivity index (χ3v) is 6.89. The van der Waals surface area contributed by atoms with Crippen LogP contribution in [0.25, 0.3) is 0 Å². The lowest BCUT2D eigenvalue weighted by atomic mass is 9.72. The van der Waals surface area contributed by atoms with Crippen molar-refractivity contribution in [1.29, 1.82) is 0 Å². The van der Waals surface area contributed by atoms with Crippen LogP contribution in [0, 0.1) is 24.0 Å². The zero-order valence-electron chi connectivity index (χ0n) is 19.9. The SMILES string of the molecule is COC(=O)[C@]1(Cc2nc(Nc3cc(C)[nH]n3)ccc2F)CCN(Cc2cccc(Cl)c2F)[C@H](C)C1. The van der Waals surface area contributed by atoms with Gasteiger partial charge in [-0.3, -0.25) is 14.8 Å². The maximum atomic E-state index is 14.8. The van der Waals surface area contributed by atoms with Crippen molar-refractivity contribution in [1.82, 2.24) is 20.1 Å². The predicted molar refractivity (Wildman–Crippen MR) is 129 cm³/mol. The number of ether oxygens (including phenoxy) is 1. The summed E-state index contributed by atoms with van der Waals surface area (Å²) in [5.74, 6) is -0.345. The summed E-state index contributed by atoms with van der Waals surface area (Å²) in [6.45, 7) is 4.71. The quantitative estimate of drug-likeness (QED) is 0.432. The van der Waals surface area contributed by atoms with Gasteiger partial charge in [-0.15, -0.1) is 0 Å². The van der Waals surface area contributed by atoms with E-state index in [4.69, 9.17) is 16.3 Å². The van der Waals surface area contributed by atoms with Gasteiger partial charge in [0.15, 0.2) is 5.82 Å². The van der Waals surface area contributed by atoms with Crippen LogP contribution in [0.3, 0.4) is 0 Å². The van der Waals surface area contributed by atoms with Gasteiger partial charge in [0, 0.05) is 36.3 Å². The maximum absolute atomic E-state index is 14.8. The number of piperidine rings is 1. The number of aromatic amines is 1. The molecule has 2 atom stereocenters. The van der Waals surface area contributed by atoms with Gasteiger partial charge in [-0.2, -0.15) is 5.10 Å². The molecule has 0 unspecified atom stereocenters. The first kappa shape index (κ1) is 25.1. The van der Waals surface area contributed by atoms with Crippen LogP contribution >= 0.6 is 11.6 Å². The molecule has 1 aromatic carbocycles. The van der Waals surface area contributed by atoms with Crippen LogP contribution in [0.2, 0.25) is 5.02 Å². The second kappa shape index (κ2) is 10.3. The van der Waals surface area contributed by atoms with Gasteiger partial charge in [-0.1, -0.05) is 23.7 Å². The number of carbonyl (C=O) groups is 1. The number of pyridine rings is 1. The van der Waals surface area contributed by atoms with Crippen molar-refractivity contribution in [3.05, 3.63) is 70.0 Å². The summed E-state index contributed by atoms with van der Waals surface area (Å²) in [6.07, 6.45) is 0.924. The summed E-state index contributed by atoms with van der Waals surface area (Å²) < 4.78 is 34.4. The molecule has 0 amide bonds. The number of benzene rings is 1. The summed E-state index contributed by atoms with van der Waals surface area (Å²) >= 11 is 5.94. The van der Waals surface area contributed by atoms with Gasteiger partial charge in [0.25, 0.3) is 0 Å². The number of likely N-dealkylation sites (tertiary alicyclic amines) is 1. The Kier molecular flexibility index (Phi) is 7.37. The largest absolute Gasteiger partial charge is 0.469 e. The molecule has 7 nitrogen and oxygen atoms in total. The number of aromatic nitrogens is 3. The van der Waals surface area contributed by atoms with Crippen LogP contribution in [0.4, 0.5) is 20.4 Å². The Hall–Kier alpha value is -3.04. The van der Waals surface area contributed by atoms with Crippen molar-refractivity contribution < 1.29 is 18.3 Å². The predicted octanol–water partition coefficient (Wildman–Crippen LogP) is 5.17. The van der Waals surface area contributed by atoms with Gasteiger partial charge in [0.05, 0.1) is 23.2 Å². The standard InChI is InChI=1S/C25H28ClF2N5O2/c1-15-11-22(32-31-15)30-21-8-7-19(27)20(29-21)13-25(24(34)35-3)9-10-33(16(2)12-25)14-17-5-4-6-18(26)23(17)28/h4-8,11,16H,9-10,12-14H2,1-3H3,(H2,29,30,31,32)/t16-,25-/m1/s1. The molecular weight excluding hydrogens is 476 g/mol. The van der Waals surface area contributed by atoms with Crippen molar-refractivity contribution in [2.75, 3.05) is 19.0 Å². The van der Waals surface area contributed by atoms with Crippen molar-refractivity contribution in [3.8, 4) is 0 Å². The molecule has 4 rings (SSSR count). The molecule has 1 fully saturated rings. The highest BCUT2D eigenvalue weighted by atomic mass is 35.5. The number of nitrogens with zero attached hydrogens (tertiary/aromatic N) is 3. The Morgan fingerprint density at radius 3 is 2.80 bits per heavy atom. The van der Waals surface area contributed by atoms with Crippen LogP contribution in [0.1, 0.15) is 36.7 Å². The number of H-pyrrole nitrogens is 1. The first-order valence-corrected chi connectivity index (χ1v) is 11.8. The molecule has 0 spiro atoms. The van der Waals surface area contributed by atoms with E-state index >= 15 is 0 Å². The molecule has 0 aliphatic carbocycles. The summed E-state index contributed by atoms with van der Waals surface area (Å²) in [7, 11) is 1.34. The average molecular weight is 504 g/mol. The Morgan fingerprint density at radius 2 is 2.11 bits per heavy atom. The van der Waals surface area contributed by atoms with Crippen molar-refractivity contribution in [3.63, 3.8) is 0 Å². The van der Waals surface area contributed by atoms with Crippen molar-refractivity contribution >= 4 is 29.2 Å². The summed E-state index contributed by atoms with van der Waals surface area (Å²) in [5.41, 5.74) is 0.592. The lowest BCUT2D eigenvalue weighted by Crippen LogP contribution is -2.50. The second-order valence-corrected chi connectivity index (χ2v) is 9.53. The van der Waals surface area contributed by atoms with Crippen LogP contribution in [0.15, 0.2) is 36.4 Å². The number of rotatable bonds is 7. The fourth-order valence-corrected chi connectivity index (χ4v) is 4.94. The molecule has 1 aliphatic rings. The van der Waals surface area contributed by atoms with Gasteiger partial charge < -0.3 is 10.1 Å². The van der Waals surface area contributed by atoms with E-state index in [0.717, 1.165) is 5.69 Å². The summed E-state index contributed by atoms with van der Waals surface area (Å²) in [5, 5.41) is 10.1. The Bertz CT molecular complexity index is 1220. The maximum Gasteiger partial charge on any atom is 0.312 e. The molecule has 10 heteroatoms. The van der Waals surface area contributed by atoms with E-state index in [1.54, 1.807) is 18.2 Å². The fourth-order valence-electron chi connectivity index (χ4n) is 4.75. The van der Waals surface area contributed by atoms with Crippen LogP contribution in [-0.4, -0.2) is 45.7 Å². The minimum atomic E-state index is -0.951. The molecule has 3 aromatic rings. The highest BCUT2D eigenvalue weighted by Gasteiger charge is 2.46. The van der Waals surface area contributed by atoms with E-state index in [2.05, 4.69) is 25.4 Å². The van der Waals surface area contributed by atoms with E-state index < -0.39 is 23.0 Å². The van der Waals surface area contributed by atoms with Crippen LogP contribution < -0.4 is 5.32 Å². The number of methoxy groups -OCH3 is 1. The van der Waals surface area contributed by atoms with E-state index in [1.807, 2.05) is 13.8 Å². The van der Waals surface area contributed by atoms with Crippen molar-refractivity contribution in [2.24, 2.45) is 5.41 Å². The van der Waals surface area contributed by atoms with Crippen LogP contribution in [-0.2, 0) is 22.5 Å². The number of hydrogen-bond acceptors (Lipinski definition) is 6. The summed E-state index contributed by atoms with van der Waals surface area (Å²) in [6, 6.07) is 9.51. The van der Waals surface area contributed by atoms with E-state index in [-0.39, 0.29) is 23.2 Å². The zero-order chi connectivity index (χ0) is 25.2. The minimum absolute atomic E-state index is 0.0797.